The summed E-state index contributed by atoms with van der Waals surface area (Å²) in [5.74, 6) is 1.96. The quantitative estimate of drug-likeness (QED) is 0.543. The van der Waals surface area contributed by atoms with Gasteiger partial charge in [0.2, 0.25) is 0 Å². The molecule has 18 heavy (non-hydrogen) atoms. The molecular formula is C16H27NS. The molecule has 0 aromatic heterocycles. The van der Waals surface area contributed by atoms with E-state index >= 15 is 0 Å². The van der Waals surface area contributed by atoms with Gasteiger partial charge in [-0.3, -0.25) is 0 Å². The van der Waals surface area contributed by atoms with Crippen LogP contribution in [0.1, 0.15) is 44.7 Å². The molecule has 0 fully saturated rings. The molecular weight excluding hydrogens is 238 g/mol. The van der Waals surface area contributed by atoms with Crippen LogP contribution < -0.4 is 5.32 Å². The number of aryl methyl sites for hydroxylation is 1. The SMILES string of the molecule is CCCCSc1ccc(CNCC(C)C)cc1C. The third kappa shape index (κ3) is 5.92. The molecule has 0 saturated heterocycles. The van der Waals surface area contributed by atoms with Gasteiger partial charge in [-0.2, -0.15) is 0 Å². The van der Waals surface area contributed by atoms with Gasteiger partial charge in [0.05, 0.1) is 0 Å². The topological polar surface area (TPSA) is 12.0 Å². The average Bonchev–Trinajstić information content (AvgIpc) is 2.31. The fourth-order valence-electron chi connectivity index (χ4n) is 1.82. The molecule has 0 saturated carbocycles. The van der Waals surface area contributed by atoms with E-state index in [1.165, 1.54) is 34.6 Å². The zero-order chi connectivity index (χ0) is 13.4. The summed E-state index contributed by atoms with van der Waals surface area (Å²) in [4.78, 5) is 1.44. The van der Waals surface area contributed by atoms with Crippen molar-refractivity contribution < 1.29 is 0 Å². The zero-order valence-corrected chi connectivity index (χ0v) is 13.1. The molecule has 1 N–H and O–H groups in total. The smallest absolute Gasteiger partial charge is 0.0205 e. The van der Waals surface area contributed by atoms with Crippen molar-refractivity contribution in [3.05, 3.63) is 29.3 Å². The lowest BCUT2D eigenvalue weighted by molar-refractivity contribution is 0.552. The van der Waals surface area contributed by atoms with Gasteiger partial charge in [-0.25, -0.2) is 0 Å². The number of benzene rings is 1. The number of hydrogen-bond donors (Lipinski definition) is 1. The van der Waals surface area contributed by atoms with Crippen molar-refractivity contribution in [2.75, 3.05) is 12.3 Å². The predicted molar refractivity (Wildman–Crippen MR) is 83.4 cm³/mol. The number of thioether (sulfide) groups is 1. The predicted octanol–water partition coefficient (Wildman–Crippen LogP) is 4.63. The van der Waals surface area contributed by atoms with Crippen molar-refractivity contribution in [1.29, 1.82) is 0 Å². The van der Waals surface area contributed by atoms with E-state index < -0.39 is 0 Å². The van der Waals surface area contributed by atoms with Crippen LogP contribution >= 0.6 is 11.8 Å². The Morgan fingerprint density at radius 2 is 2.06 bits per heavy atom. The zero-order valence-electron chi connectivity index (χ0n) is 12.3. The molecule has 0 unspecified atom stereocenters. The van der Waals surface area contributed by atoms with E-state index in [1.54, 1.807) is 0 Å². The van der Waals surface area contributed by atoms with E-state index in [1.807, 2.05) is 11.8 Å². The van der Waals surface area contributed by atoms with E-state index in [-0.39, 0.29) is 0 Å². The summed E-state index contributed by atoms with van der Waals surface area (Å²) < 4.78 is 0. The fourth-order valence-corrected chi connectivity index (χ4v) is 2.92. The summed E-state index contributed by atoms with van der Waals surface area (Å²) in [5.41, 5.74) is 2.81. The highest BCUT2D eigenvalue weighted by atomic mass is 32.2. The minimum atomic E-state index is 0.718. The van der Waals surface area contributed by atoms with Crippen LogP contribution in [0.2, 0.25) is 0 Å². The van der Waals surface area contributed by atoms with Crippen LogP contribution in [0, 0.1) is 12.8 Å². The van der Waals surface area contributed by atoms with Crippen LogP contribution in [0.15, 0.2) is 23.1 Å². The van der Waals surface area contributed by atoms with E-state index in [0.29, 0.717) is 0 Å². The molecule has 1 aromatic carbocycles. The second-order valence-electron chi connectivity index (χ2n) is 5.33. The van der Waals surface area contributed by atoms with Gasteiger partial charge < -0.3 is 5.32 Å². The number of hydrogen-bond acceptors (Lipinski definition) is 2. The summed E-state index contributed by atoms with van der Waals surface area (Å²) in [5, 5.41) is 3.49. The van der Waals surface area contributed by atoms with Gasteiger partial charge in [-0.15, -0.1) is 11.8 Å². The standard InChI is InChI=1S/C16H27NS/c1-5-6-9-18-16-8-7-15(10-14(16)4)12-17-11-13(2)3/h7-8,10,13,17H,5-6,9,11-12H2,1-4H3. The molecule has 0 amide bonds. The lowest BCUT2D eigenvalue weighted by Crippen LogP contribution is -2.18. The second kappa shape index (κ2) is 8.60. The first-order valence-electron chi connectivity index (χ1n) is 7.06. The minimum absolute atomic E-state index is 0.718. The maximum absolute atomic E-state index is 3.49. The van der Waals surface area contributed by atoms with Crippen molar-refractivity contribution >= 4 is 11.8 Å². The fraction of sp³-hybridized carbons (Fsp3) is 0.625. The van der Waals surface area contributed by atoms with E-state index in [0.717, 1.165) is 19.0 Å². The molecule has 1 nitrogen and oxygen atoms in total. The average molecular weight is 265 g/mol. The molecule has 102 valence electrons. The summed E-state index contributed by atoms with van der Waals surface area (Å²) in [6.45, 7) is 11.0. The van der Waals surface area contributed by atoms with Gasteiger partial charge in [-0.1, -0.05) is 39.3 Å². The first-order valence-corrected chi connectivity index (χ1v) is 8.05. The van der Waals surface area contributed by atoms with Gasteiger partial charge in [0.15, 0.2) is 0 Å². The molecule has 0 radical (unpaired) electrons. The van der Waals surface area contributed by atoms with Crippen molar-refractivity contribution in [3.63, 3.8) is 0 Å². The second-order valence-corrected chi connectivity index (χ2v) is 6.46. The van der Waals surface area contributed by atoms with Gasteiger partial charge in [0, 0.05) is 11.4 Å². The van der Waals surface area contributed by atoms with E-state index in [2.05, 4.69) is 51.2 Å². The molecule has 1 rings (SSSR count). The normalized spacial score (nSPS) is 11.2. The van der Waals surface area contributed by atoms with Crippen LogP contribution in [0.5, 0.6) is 0 Å². The monoisotopic (exact) mass is 265 g/mol. The molecule has 0 bridgehead atoms. The molecule has 0 heterocycles. The third-order valence-corrected chi connectivity index (χ3v) is 4.14. The Morgan fingerprint density at radius 1 is 1.28 bits per heavy atom. The first kappa shape index (κ1) is 15.6. The summed E-state index contributed by atoms with van der Waals surface area (Å²) in [7, 11) is 0. The Morgan fingerprint density at radius 3 is 2.67 bits per heavy atom. The molecule has 0 aliphatic heterocycles. The Kier molecular flexibility index (Phi) is 7.45. The Hall–Kier alpha value is -0.470. The van der Waals surface area contributed by atoms with Crippen LogP contribution in [0.3, 0.4) is 0 Å². The Bertz CT molecular complexity index is 347. The highest BCUT2D eigenvalue weighted by molar-refractivity contribution is 7.99. The minimum Gasteiger partial charge on any atom is -0.312 e. The summed E-state index contributed by atoms with van der Waals surface area (Å²) in [6.07, 6.45) is 2.59. The Labute approximate surface area is 117 Å². The molecule has 2 heteroatoms. The van der Waals surface area contributed by atoms with Crippen molar-refractivity contribution in [3.8, 4) is 0 Å². The first-order chi connectivity index (χ1) is 8.63. The van der Waals surface area contributed by atoms with Crippen LogP contribution in [-0.4, -0.2) is 12.3 Å². The maximum atomic E-state index is 3.49. The van der Waals surface area contributed by atoms with Gasteiger partial charge >= 0.3 is 0 Å². The maximum Gasteiger partial charge on any atom is 0.0205 e. The van der Waals surface area contributed by atoms with Gasteiger partial charge in [0.1, 0.15) is 0 Å². The van der Waals surface area contributed by atoms with Crippen LogP contribution in [-0.2, 0) is 6.54 Å². The lowest BCUT2D eigenvalue weighted by Gasteiger charge is -2.10. The molecule has 0 atom stereocenters. The van der Waals surface area contributed by atoms with Crippen molar-refractivity contribution in [2.24, 2.45) is 5.92 Å². The number of rotatable bonds is 8. The highest BCUT2D eigenvalue weighted by Crippen LogP contribution is 2.24. The molecule has 1 aromatic rings. The van der Waals surface area contributed by atoms with Crippen LogP contribution in [0.4, 0.5) is 0 Å². The summed E-state index contributed by atoms with van der Waals surface area (Å²) >= 11 is 1.99. The van der Waals surface area contributed by atoms with Gasteiger partial charge in [0.25, 0.3) is 0 Å². The molecule has 0 aliphatic rings. The number of nitrogens with one attached hydrogen (secondary N) is 1. The van der Waals surface area contributed by atoms with Gasteiger partial charge in [-0.05, 0) is 48.8 Å². The van der Waals surface area contributed by atoms with Crippen molar-refractivity contribution in [2.45, 2.75) is 52.0 Å². The lowest BCUT2D eigenvalue weighted by atomic mass is 10.1. The molecule has 0 aliphatic carbocycles. The van der Waals surface area contributed by atoms with E-state index in [4.69, 9.17) is 0 Å². The largest absolute Gasteiger partial charge is 0.312 e. The summed E-state index contributed by atoms with van der Waals surface area (Å²) in [6, 6.07) is 6.86. The van der Waals surface area contributed by atoms with Crippen LogP contribution in [0.25, 0.3) is 0 Å². The number of unbranched alkanes of at least 4 members (excludes halogenated alkanes) is 1. The third-order valence-electron chi connectivity index (χ3n) is 2.88. The highest BCUT2D eigenvalue weighted by Gasteiger charge is 2.01. The van der Waals surface area contributed by atoms with E-state index in [9.17, 15) is 0 Å². The Balaban J connectivity index is 2.45. The molecule has 0 spiro atoms. The van der Waals surface area contributed by atoms with Crippen molar-refractivity contribution in [1.82, 2.24) is 5.32 Å².